The molecule has 0 aromatic heterocycles. The molecule has 5 saturated heterocycles. The van der Waals surface area contributed by atoms with Gasteiger partial charge in [0.2, 0.25) is 0 Å². The van der Waals surface area contributed by atoms with Gasteiger partial charge in [-0.2, -0.15) is 0 Å². The van der Waals surface area contributed by atoms with Gasteiger partial charge in [0.15, 0.2) is 0 Å². The fourth-order valence-corrected chi connectivity index (χ4v) is 22.8. The van der Waals surface area contributed by atoms with Crippen molar-refractivity contribution in [2.75, 3.05) is 53.9 Å². The lowest BCUT2D eigenvalue weighted by atomic mass is 9.74. The van der Waals surface area contributed by atoms with Crippen molar-refractivity contribution in [3.8, 4) is 0 Å². The zero-order valence-electron chi connectivity index (χ0n) is 72.4. The van der Waals surface area contributed by atoms with Crippen LogP contribution >= 0.6 is 0 Å². The van der Waals surface area contributed by atoms with Crippen LogP contribution in [0.3, 0.4) is 0 Å². The van der Waals surface area contributed by atoms with Crippen molar-refractivity contribution in [2.24, 2.45) is 170 Å². The Hall–Kier alpha value is -6.44. The Labute approximate surface area is 774 Å². The molecule has 26 heteroatoms. The van der Waals surface area contributed by atoms with Crippen LogP contribution in [0.2, 0.25) is 0 Å². The Bertz CT molecular complexity index is 3550. The summed E-state index contributed by atoms with van der Waals surface area (Å²) in [7, 11) is 3.26. The SMILES string of the molecule is C.C.C.C.C.C.C.C.C.C.C.C.CCC(C)(C)C(=O)OC1C(C)CCC1CCOC=O.CCC(C)(C)C(=O)OC1C2CC(C1OC)C1C(=O)OCC21.CCC(C)(C)C(=O)OC1CC2CC1C1COC(=O)C21.CCC(C)C(=O)OC1C(C)C2CC1C1COC(=O)C21.CCC(C)C(=O)OC1C2CC(C1OC)C1C(=O)OCC21.CCC(C)C(=O)OC1CC2CC1C1COC(=O)C21. The Morgan fingerprint density at radius 1 is 0.359 bits per heavy atom. The number of methoxy groups -OCH3 is 2. The smallest absolute Gasteiger partial charge is 0.311 e. The molecule has 26 nitrogen and oxygen atoms in total. The second-order valence-electron chi connectivity index (χ2n) is 39.0. The predicted molar refractivity (Wildman–Crippen MR) is 497 cm³/mol. The fraction of sp³-hybridized carbons (Fsp3) is 0.882. The van der Waals surface area contributed by atoms with Crippen molar-refractivity contribution < 1.29 is 124 Å². The fourth-order valence-electron chi connectivity index (χ4n) is 22.8. The van der Waals surface area contributed by atoms with Gasteiger partial charge in [-0.3, -0.25) is 57.5 Å². The number of ether oxygens (including phenoxy) is 14. The van der Waals surface area contributed by atoms with E-state index in [4.69, 9.17) is 66.3 Å². The van der Waals surface area contributed by atoms with E-state index in [1.165, 1.54) is 0 Å². The molecule has 0 aromatic carbocycles. The predicted octanol–water partition coefficient (Wildman–Crippen LogP) is 19.7. The van der Waals surface area contributed by atoms with Crippen LogP contribution in [-0.4, -0.2) is 175 Å². The van der Waals surface area contributed by atoms with Gasteiger partial charge < -0.3 is 66.3 Å². The molecule has 0 amide bonds. The lowest BCUT2D eigenvalue weighted by Crippen LogP contribution is -2.47. The van der Waals surface area contributed by atoms with Crippen LogP contribution in [0.5, 0.6) is 0 Å². The molecule has 11 aliphatic carbocycles. The minimum atomic E-state index is -0.485. The van der Waals surface area contributed by atoms with Crippen LogP contribution in [0.25, 0.3) is 0 Å². The van der Waals surface area contributed by atoms with Gasteiger partial charge in [-0.15, -0.1) is 0 Å². The average Bonchev–Trinajstić information content (AvgIpc) is 1.57. The number of rotatable bonds is 24. The van der Waals surface area contributed by atoms with E-state index in [0.29, 0.717) is 99.4 Å². The van der Waals surface area contributed by atoms with E-state index in [9.17, 15) is 57.5 Å². The van der Waals surface area contributed by atoms with Crippen molar-refractivity contribution in [2.45, 2.75) is 358 Å². The van der Waals surface area contributed by atoms with Gasteiger partial charge in [-0.05, 0) is 180 Å². The van der Waals surface area contributed by atoms with Crippen LogP contribution in [0.1, 0.15) is 310 Å². The minimum absolute atomic E-state index is 0. The van der Waals surface area contributed by atoms with Crippen LogP contribution in [0.4, 0.5) is 0 Å². The third-order valence-electron chi connectivity index (χ3n) is 31.8. The Morgan fingerprint density at radius 2 is 0.664 bits per heavy atom. The summed E-state index contributed by atoms with van der Waals surface area (Å²) < 4.78 is 76.1. The van der Waals surface area contributed by atoms with Gasteiger partial charge in [-0.25, -0.2) is 0 Å². The molecule has 16 aliphatic rings. The maximum atomic E-state index is 12.4. The molecule has 34 atom stereocenters. The maximum absolute atomic E-state index is 12.4. The van der Waals surface area contributed by atoms with E-state index in [1.54, 1.807) is 14.2 Å². The Kier molecular flexibility index (Phi) is 49.4. The zero-order chi connectivity index (χ0) is 84.6. The number of carbonyl (C=O) groups excluding carboxylic acids is 12. The monoisotopic (exact) mass is 1830 g/mol. The molecule has 34 unspecified atom stereocenters. The molecule has 0 aromatic rings. The molecule has 128 heavy (non-hydrogen) atoms. The normalized spacial score (nSPS) is 36.1. The van der Waals surface area contributed by atoms with Crippen molar-refractivity contribution >= 4 is 72.1 Å². The van der Waals surface area contributed by atoms with Crippen LogP contribution in [0, 0.1) is 170 Å². The Morgan fingerprint density at radius 3 is 1.02 bits per heavy atom. The van der Waals surface area contributed by atoms with E-state index >= 15 is 0 Å². The number of hydrogen-bond donors (Lipinski definition) is 0. The second kappa shape index (κ2) is 51.1. The topological polar surface area (TPSA) is 334 Å². The molecule has 5 aliphatic heterocycles. The van der Waals surface area contributed by atoms with Gasteiger partial charge in [0.25, 0.3) is 6.47 Å². The summed E-state index contributed by atoms with van der Waals surface area (Å²) >= 11 is 0. The summed E-state index contributed by atoms with van der Waals surface area (Å²) in [5.41, 5.74) is -1.32. The molecule has 16 rings (SSSR count). The average molecular weight is 1830 g/mol. The number of cyclic esters (lactones) is 5. The van der Waals surface area contributed by atoms with Crippen LogP contribution < -0.4 is 0 Å². The summed E-state index contributed by atoms with van der Waals surface area (Å²) in [5, 5.41) is 0. The maximum Gasteiger partial charge on any atom is 0.311 e. The first-order valence-corrected chi connectivity index (χ1v) is 44.2. The van der Waals surface area contributed by atoms with E-state index in [2.05, 4.69) is 13.8 Å². The molecule has 10 bridgehead atoms. The highest BCUT2D eigenvalue weighted by molar-refractivity contribution is 5.81. The third kappa shape index (κ3) is 24.6. The molecule has 748 valence electrons. The largest absolute Gasteiger partial charge is 0.468 e. The molecule has 0 radical (unpaired) electrons. The molecule has 5 heterocycles. The molecular formula is C102H184O26. The van der Waals surface area contributed by atoms with Crippen LogP contribution in [-0.2, 0) is 124 Å². The summed E-state index contributed by atoms with van der Waals surface area (Å²) in [6.07, 6.45) is 13.3. The summed E-state index contributed by atoms with van der Waals surface area (Å²) in [6.45, 7) is 36.7. The van der Waals surface area contributed by atoms with Crippen molar-refractivity contribution in [3.05, 3.63) is 0 Å². The second-order valence-corrected chi connectivity index (χ2v) is 39.0. The molecule has 0 spiro atoms. The van der Waals surface area contributed by atoms with Crippen LogP contribution in [0.15, 0.2) is 0 Å². The van der Waals surface area contributed by atoms with Crippen molar-refractivity contribution in [1.29, 1.82) is 0 Å². The van der Waals surface area contributed by atoms with Crippen molar-refractivity contribution in [1.82, 2.24) is 0 Å². The quantitative estimate of drug-likeness (QED) is 0.0375. The van der Waals surface area contributed by atoms with E-state index in [0.717, 1.165) is 103 Å². The van der Waals surface area contributed by atoms with E-state index in [1.807, 2.05) is 104 Å². The first kappa shape index (κ1) is 124. The molecular weight excluding hydrogens is 1640 g/mol. The number of carbonyl (C=O) groups is 12. The highest BCUT2D eigenvalue weighted by Crippen LogP contribution is 2.62. The minimum Gasteiger partial charge on any atom is -0.468 e. The van der Waals surface area contributed by atoms with Gasteiger partial charge in [-0.1, -0.05) is 165 Å². The molecule has 11 saturated carbocycles. The third-order valence-corrected chi connectivity index (χ3v) is 31.8. The molecule has 16 fully saturated rings. The number of fused-ring (bicyclic) bond motifs is 25. The van der Waals surface area contributed by atoms with Gasteiger partial charge in [0.05, 0.1) is 115 Å². The van der Waals surface area contributed by atoms with Gasteiger partial charge in [0.1, 0.15) is 36.6 Å². The number of esters is 11. The summed E-state index contributed by atoms with van der Waals surface area (Å²) in [6, 6.07) is 0. The van der Waals surface area contributed by atoms with Gasteiger partial charge >= 0.3 is 65.7 Å². The highest BCUT2D eigenvalue weighted by Gasteiger charge is 2.69. The first-order chi connectivity index (χ1) is 55.0. The standard InChI is InChI=1S/C16H24O5.C15H22O5.2C15H22O4.C15H26O4.C14H20O4.12CH4/c1-5-16(2,3)15(18)21-13-8-6-9(12(13)19-4)11-10(8)7-20-14(11)17;1-4-7(2)14(16)20-13-8-5-9(12(13)18-3)11-10(8)6-19-15(11)17;1-4-15(2,3)14(17)19-11-6-8-5-9(11)10-7-18-13(16)12(8)10;1-4-7(2)14(16)19-13-8(3)9-5-10(13)11-6-18-15(17)12(9)11;1-5-15(3,4)14(17)19-13-11(2)6-7-12(13)8-9-18-10-16;1-3-7(2)13(15)18-11-5-8-4-9(11)10-6-17-14(16)12(8)10;;;;;;;;;;;;/h8-13H,5-7H2,1-4H3;7-13H,4-6H2,1-3H3;8-12H,4-7H2,1-3H3;7-13H,4-6H2,1-3H3;10-13H,5-9H2,1-4H3;7-12H,3-6H2,1-2H3;12*1H4. The summed E-state index contributed by atoms with van der Waals surface area (Å²) in [5.74, 6) is 3.94. The van der Waals surface area contributed by atoms with Gasteiger partial charge in [0, 0.05) is 85.2 Å². The summed E-state index contributed by atoms with van der Waals surface area (Å²) in [4.78, 5) is 141. The number of hydrogen-bond acceptors (Lipinski definition) is 26. The first-order valence-electron chi connectivity index (χ1n) is 44.2. The van der Waals surface area contributed by atoms with Crippen molar-refractivity contribution in [3.63, 3.8) is 0 Å². The zero-order valence-corrected chi connectivity index (χ0v) is 72.4. The lowest BCUT2D eigenvalue weighted by Gasteiger charge is -2.36. The Balaban J connectivity index is 0. The van der Waals surface area contributed by atoms with E-state index < -0.39 is 16.2 Å². The lowest BCUT2D eigenvalue weighted by molar-refractivity contribution is -0.175. The van der Waals surface area contributed by atoms with E-state index in [-0.39, 0.29) is 304 Å². The highest BCUT2D eigenvalue weighted by atomic mass is 16.6. The molecule has 0 N–H and O–H groups in total.